The predicted octanol–water partition coefficient (Wildman–Crippen LogP) is 11.5. The molecule has 4 aromatic carbocycles. The van der Waals surface area contributed by atoms with Gasteiger partial charge in [0.25, 0.3) is 11.1 Å². The fourth-order valence-corrected chi connectivity index (χ4v) is 18.3. The molecule has 1 amide bonds. The first-order valence-electron chi connectivity index (χ1n) is 32.6. The van der Waals surface area contributed by atoms with Crippen LogP contribution in [0, 0.1) is 0 Å². The number of aromatic hydroxyl groups is 1. The van der Waals surface area contributed by atoms with Crippen LogP contribution >= 0.6 is 0 Å². The maximum absolute atomic E-state index is 14.3. The molecule has 12 rings (SSSR count). The molecule has 2 N–H and O–H groups in total. The van der Waals surface area contributed by atoms with Gasteiger partial charge in [-0.25, -0.2) is 24.4 Å². The van der Waals surface area contributed by atoms with Crippen LogP contribution in [0.3, 0.4) is 0 Å². The van der Waals surface area contributed by atoms with Gasteiger partial charge in [-0.2, -0.15) is 0 Å². The Morgan fingerprint density at radius 2 is 1.07 bits per heavy atom. The fourth-order valence-electron chi connectivity index (χ4n) is 13.9. The van der Waals surface area contributed by atoms with Crippen LogP contribution in [0.4, 0.5) is 4.79 Å². The number of rotatable bonds is 17. The van der Waals surface area contributed by atoms with Crippen LogP contribution in [-0.4, -0.2) is 74.6 Å². The molecular weight excluding hydrogens is 1210 g/mol. The summed E-state index contributed by atoms with van der Waals surface area (Å²) in [4.78, 5) is 103. The number of unbranched alkanes of at least 4 members (excludes halogenated alkanes) is 1. The van der Waals surface area contributed by atoms with Crippen LogP contribution in [0.25, 0.3) is 44.6 Å². The van der Waals surface area contributed by atoms with E-state index in [2.05, 4.69) is 87.6 Å². The number of nitrogens with zero attached hydrogens (tertiary/aromatic N) is 4. The van der Waals surface area contributed by atoms with Gasteiger partial charge in [0.2, 0.25) is 11.2 Å². The van der Waals surface area contributed by atoms with Gasteiger partial charge in [0.1, 0.15) is 30.3 Å². The highest BCUT2D eigenvalue weighted by atomic mass is 28.4. The van der Waals surface area contributed by atoms with Crippen molar-refractivity contribution in [2.75, 3.05) is 6.54 Å². The Kier molecular flexibility index (Phi) is 18.1. The molecule has 8 aromatic rings. The molecular formula is C74H81N5O14Si. The average molecular weight is 1290 g/mol. The summed E-state index contributed by atoms with van der Waals surface area (Å²) in [5.41, 5.74) is 4.39. The zero-order valence-corrected chi connectivity index (χ0v) is 56.3. The molecule has 490 valence electrons. The number of hydrogen-bond donors (Lipinski definition) is 2. The summed E-state index contributed by atoms with van der Waals surface area (Å²) in [7, 11) is -2.92. The van der Waals surface area contributed by atoms with E-state index in [4.69, 9.17) is 38.1 Å². The topological polar surface area (TPSA) is 243 Å². The molecule has 0 spiro atoms. The van der Waals surface area contributed by atoms with Gasteiger partial charge in [-0.15, -0.1) is 0 Å². The normalized spacial score (nSPS) is 16.8. The second-order valence-corrected chi connectivity index (χ2v) is 30.6. The number of pyridine rings is 4. The number of cyclic esters (lactones) is 2. The van der Waals surface area contributed by atoms with E-state index in [1.54, 1.807) is 74.1 Å². The third-order valence-corrected chi connectivity index (χ3v) is 23.4. The number of carbonyl (C=O) groups is 5. The number of amides is 1. The molecule has 0 unspecified atom stereocenters. The number of aryl methyl sites for hydroxylation is 2. The summed E-state index contributed by atoms with van der Waals surface area (Å²) in [6, 6.07) is 35.7. The number of nitrogens with one attached hydrogen (secondary N) is 1. The molecule has 0 fully saturated rings. The highest BCUT2D eigenvalue weighted by Crippen LogP contribution is 2.46. The van der Waals surface area contributed by atoms with Crippen LogP contribution in [-0.2, 0) is 93.2 Å². The molecule has 0 saturated heterocycles. The number of phenols is 1. The van der Waals surface area contributed by atoms with Crippen molar-refractivity contribution >= 4 is 70.5 Å². The van der Waals surface area contributed by atoms with E-state index in [0.717, 1.165) is 50.7 Å². The van der Waals surface area contributed by atoms with E-state index in [0.29, 0.717) is 77.3 Å². The first-order valence-corrected chi connectivity index (χ1v) is 34.5. The Hall–Kier alpha value is -9.43. The van der Waals surface area contributed by atoms with Gasteiger partial charge in [0.05, 0.1) is 58.0 Å². The monoisotopic (exact) mass is 1290 g/mol. The first-order chi connectivity index (χ1) is 44.9. The Labute approximate surface area is 546 Å². The van der Waals surface area contributed by atoms with Crippen LogP contribution in [0.5, 0.6) is 11.5 Å². The SMILES string of the molecule is CCCCC(=O)O[C@]1(CC)C(=O)OCc2c1cc1n(c2=O)Cc2c-1nc1ccc(O)cc1c2CC.CCc1c2c(nc3ccc(O[Si](c4ccccc4)(c4ccccc4)C(C)(C)C)cc13)-c1cc3c(c(=O)n1C2)COC(=O)[C@@]3(CC)OC(=O)CCCNC(=O)OC(C)(C)C. The zero-order chi connectivity index (χ0) is 67.2. The van der Waals surface area contributed by atoms with Gasteiger partial charge in [-0.3, -0.25) is 19.2 Å². The molecule has 8 heterocycles. The molecule has 94 heavy (non-hydrogen) atoms. The van der Waals surface area contributed by atoms with Crippen molar-refractivity contribution in [1.29, 1.82) is 0 Å². The van der Waals surface area contributed by atoms with Crippen molar-refractivity contribution < 1.29 is 57.2 Å². The summed E-state index contributed by atoms with van der Waals surface area (Å²) < 4.78 is 38.7. The van der Waals surface area contributed by atoms with E-state index < -0.39 is 55.1 Å². The summed E-state index contributed by atoms with van der Waals surface area (Å²) in [5.74, 6) is -1.63. The van der Waals surface area contributed by atoms with Crippen molar-refractivity contribution in [3.63, 3.8) is 0 Å². The van der Waals surface area contributed by atoms with Crippen LogP contribution in [0.1, 0.15) is 166 Å². The number of phenolic OH excluding ortho intramolecular Hbond substituents is 1. The number of carbonyl (C=O) groups excluding carboxylic acids is 5. The molecule has 0 aliphatic carbocycles. The second kappa shape index (κ2) is 25.8. The lowest BCUT2D eigenvalue weighted by atomic mass is 9.85. The smallest absolute Gasteiger partial charge is 0.407 e. The fraction of sp³-hybridized carbons (Fsp3) is 0.392. The maximum atomic E-state index is 14.3. The number of fused-ring (bicyclic) bond motifs is 10. The summed E-state index contributed by atoms with van der Waals surface area (Å²) >= 11 is 0. The van der Waals surface area contributed by atoms with E-state index in [1.165, 1.54) is 10.4 Å². The molecule has 4 aromatic heterocycles. The number of ether oxygens (including phenoxy) is 5. The zero-order valence-electron chi connectivity index (χ0n) is 55.3. The third kappa shape index (κ3) is 11.7. The van der Waals surface area contributed by atoms with Gasteiger partial charge in [-0.05, 0) is 134 Å². The van der Waals surface area contributed by atoms with Gasteiger partial charge in [-0.1, -0.05) is 122 Å². The lowest BCUT2D eigenvalue weighted by Crippen LogP contribution is -2.68. The Morgan fingerprint density at radius 3 is 1.52 bits per heavy atom. The summed E-state index contributed by atoms with van der Waals surface area (Å²) in [6.45, 7) is 22.0. The largest absolute Gasteiger partial charge is 0.534 e. The number of aromatic nitrogens is 4. The summed E-state index contributed by atoms with van der Waals surface area (Å²) in [5, 5.41) is 16.6. The van der Waals surface area contributed by atoms with Crippen molar-refractivity contribution in [1.82, 2.24) is 24.4 Å². The van der Waals surface area contributed by atoms with Gasteiger partial charge in [0.15, 0.2) is 0 Å². The predicted molar refractivity (Wildman–Crippen MR) is 358 cm³/mol. The Bertz CT molecular complexity index is 4430. The van der Waals surface area contributed by atoms with Gasteiger partial charge >= 0.3 is 38.3 Å². The molecule has 4 aliphatic rings. The van der Waals surface area contributed by atoms with Gasteiger partial charge < -0.3 is 47.7 Å². The average Bonchev–Trinajstić information content (AvgIpc) is 1.41. The van der Waals surface area contributed by atoms with Crippen LogP contribution in [0.15, 0.2) is 119 Å². The van der Waals surface area contributed by atoms with Crippen molar-refractivity contribution in [2.45, 2.75) is 182 Å². The highest BCUT2D eigenvalue weighted by molar-refractivity contribution is 7.00. The number of alkyl carbamates (subject to hydrolysis) is 1. The molecule has 19 nitrogen and oxygen atoms in total. The molecule has 0 saturated carbocycles. The minimum absolute atomic E-state index is 0.0515. The Balaban J connectivity index is 0.000000218. The Morgan fingerprint density at radius 1 is 0.606 bits per heavy atom. The molecule has 0 radical (unpaired) electrons. The maximum Gasteiger partial charge on any atom is 0.407 e. The lowest BCUT2D eigenvalue weighted by molar-refractivity contribution is -0.189. The standard InChI is InChI=1S/C47H53N3O8Si.C27H28N2O6/c1-9-33-34-26-30(58-59(46(6,7)8,31-18-13-11-14-19-31)32-20-15-12-16-21-32)23-24-38(34)49-41-35(33)28-50-39(41)27-37-36(42(50)52)29-55-43(53)47(37,10-2)56-40(51)22-17-25-48-44(54)57-45(3,4)5;1-4-7-8-23(31)35-27(6-3)20-12-22-24-18(13-29(22)25(32)19(20)14-34-26(27)33)16(5-2)17-11-15(30)9-10-21(17)28-24/h11-16,18-21,23-24,26-27H,9-10,17,22,25,28-29H2,1-8H3,(H,48,54);9-12,30H,4-8,13-14H2,1-3H3/t47-;27-/m00/s1. The van der Waals surface area contributed by atoms with E-state index >= 15 is 0 Å². The van der Waals surface area contributed by atoms with E-state index in [-0.39, 0.29) is 79.3 Å². The molecule has 2 atom stereocenters. The number of esters is 4. The number of hydrogen-bond acceptors (Lipinski definition) is 16. The summed E-state index contributed by atoms with van der Waals surface area (Å²) in [6.07, 6.45) is 2.80. The highest BCUT2D eigenvalue weighted by Gasteiger charge is 2.54. The molecule has 0 bridgehead atoms. The van der Waals surface area contributed by atoms with E-state index in [9.17, 15) is 38.7 Å². The lowest BCUT2D eigenvalue weighted by Gasteiger charge is -2.43. The van der Waals surface area contributed by atoms with Crippen LogP contribution in [0.2, 0.25) is 5.04 Å². The molecule has 4 aliphatic heterocycles. The van der Waals surface area contributed by atoms with Gasteiger partial charge in [0, 0.05) is 52.4 Å². The van der Waals surface area contributed by atoms with Crippen molar-refractivity contribution in [3.8, 4) is 34.3 Å². The quantitative estimate of drug-likeness (QED) is 0.0373. The van der Waals surface area contributed by atoms with Crippen LogP contribution < -0.4 is 31.2 Å². The van der Waals surface area contributed by atoms with E-state index in [1.807, 2.05) is 38.1 Å². The third-order valence-electron chi connectivity index (χ3n) is 18.4. The number of benzene rings is 4. The molecule has 20 heteroatoms. The minimum Gasteiger partial charge on any atom is -0.534 e. The minimum atomic E-state index is -2.92. The van der Waals surface area contributed by atoms with Crippen molar-refractivity contribution in [3.05, 3.63) is 174 Å². The van der Waals surface area contributed by atoms with Crippen molar-refractivity contribution in [2.24, 2.45) is 0 Å². The second-order valence-electron chi connectivity index (χ2n) is 26.4. The first kappa shape index (κ1) is 66.0.